The van der Waals surface area contributed by atoms with E-state index in [9.17, 15) is 4.79 Å². The zero-order valence-corrected chi connectivity index (χ0v) is 12.5. The quantitative estimate of drug-likeness (QED) is 0.623. The van der Waals surface area contributed by atoms with Gasteiger partial charge >= 0.3 is 0 Å². The third kappa shape index (κ3) is 5.05. The van der Waals surface area contributed by atoms with E-state index in [0.29, 0.717) is 17.5 Å². The van der Waals surface area contributed by atoms with Crippen molar-refractivity contribution in [1.82, 2.24) is 9.88 Å². The molecule has 0 aliphatic rings. The van der Waals surface area contributed by atoms with E-state index >= 15 is 0 Å². The molecule has 0 spiro atoms. The number of nitrogen functional groups attached to an aromatic ring is 1. The first kappa shape index (κ1) is 16.2. The summed E-state index contributed by atoms with van der Waals surface area (Å²) in [6, 6.07) is 3.73. The van der Waals surface area contributed by atoms with Crippen LogP contribution >= 0.6 is 0 Å². The number of hydrogen-bond acceptors (Lipinski definition) is 5. The fourth-order valence-electron chi connectivity index (χ4n) is 1.70. The minimum atomic E-state index is -0.549. The van der Waals surface area contributed by atoms with Crippen molar-refractivity contribution in [1.29, 1.82) is 0 Å². The molecule has 0 aliphatic heterocycles. The summed E-state index contributed by atoms with van der Waals surface area (Å²) in [4.78, 5) is 17.5. The number of nitrogens with zero attached hydrogens (tertiary/aromatic N) is 2. The second-order valence-corrected chi connectivity index (χ2v) is 5.21. The molecule has 0 bridgehead atoms. The van der Waals surface area contributed by atoms with Gasteiger partial charge in [-0.2, -0.15) is 0 Å². The molecule has 1 aromatic heterocycles. The third-order valence-electron chi connectivity index (χ3n) is 3.29. The zero-order valence-electron chi connectivity index (χ0n) is 12.5. The SMILES string of the molecule is CC(C)N(C)CCCCNc1nc(C(N)=O)ccc1N. The number of pyridine rings is 1. The Bertz CT molecular complexity index is 447. The number of nitrogens with one attached hydrogen (secondary N) is 1. The molecule has 0 unspecified atom stereocenters. The highest BCUT2D eigenvalue weighted by Gasteiger charge is 2.07. The predicted octanol–water partition coefficient (Wildman–Crippen LogP) is 1.30. The Kier molecular flexibility index (Phi) is 6.24. The van der Waals surface area contributed by atoms with E-state index < -0.39 is 5.91 Å². The Morgan fingerprint density at radius 1 is 1.40 bits per heavy atom. The number of amides is 1. The van der Waals surface area contributed by atoms with E-state index in [2.05, 4.69) is 36.1 Å². The fraction of sp³-hybridized carbons (Fsp3) is 0.571. The molecular formula is C14H25N5O. The van der Waals surface area contributed by atoms with E-state index in [-0.39, 0.29) is 5.69 Å². The molecule has 0 aromatic carbocycles. The summed E-state index contributed by atoms with van der Waals surface area (Å²) in [7, 11) is 2.12. The van der Waals surface area contributed by atoms with Crippen LogP contribution in [0.5, 0.6) is 0 Å². The predicted molar refractivity (Wildman–Crippen MR) is 82.7 cm³/mol. The standard InChI is InChI=1S/C14H25N5O/c1-10(2)19(3)9-5-4-8-17-14-11(15)6-7-12(18-14)13(16)20/h6-7,10H,4-5,8-9,15H2,1-3H3,(H2,16,20)(H,17,18). The lowest BCUT2D eigenvalue weighted by Crippen LogP contribution is -2.27. The molecule has 0 atom stereocenters. The zero-order chi connectivity index (χ0) is 15.1. The van der Waals surface area contributed by atoms with E-state index in [1.165, 1.54) is 6.07 Å². The van der Waals surface area contributed by atoms with Crippen molar-refractivity contribution < 1.29 is 4.79 Å². The first-order chi connectivity index (χ1) is 9.41. The summed E-state index contributed by atoms with van der Waals surface area (Å²) in [5.41, 5.74) is 11.7. The highest BCUT2D eigenvalue weighted by molar-refractivity contribution is 5.91. The van der Waals surface area contributed by atoms with Crippen LogP contribution < -0.4 is 16.8 Å². The molecule has 1 amide bonds. The molecule has 0 fully saturated rings. The summed E-state index contributed by atoms with van der Waals surface area (Å²) in [6.07, 6.45) is 2.11. The topological polar surface area (TPSA) is 97.3 Å². The molecule has 0 saturated heterocycles. The molecule has 1 aromatic rings. The Morgan fingerprint density at radius 3 is 2.70 bits per heavy atom. The number of rotatable bonds is 8. The minimum absolute atomic E-state index is 0.223. The number of hydrogen-bond donors (Lipinski definition) is 3. The average Bonchev–Trinajstić information content (AvgIpc) is 2.39. The van der Waals surface area contributed by atoms with Crippen LogP contribution in [-0.4, -0.2) is 42.0 Å². The van der Waals surface area contributed by atoms with Gasteiger partial charge in [0.05, 0.1) is 5.69 Å². The van der Waals surface area contributed by atoms with E-state index in [1.54, 1.807) is 6.07 Å². The van der Waals surface area contributed by atoms with Gasteiger partial charge in [-0.3, -0.25) is 4.79 Å². The third-order valence-corrected chi connectivity index (χ3v) is 3.29. The second-order valence-electron chi connectivity index (χ2n) is 5.21. The van der Waals surface area contributed by atoms with Crippen molar-refractivity contribution >= 4 is 17.4 Å². The number of anilines is 2. The molecular weight excluding hydrogens is 254 g/mol. The summed E-state index contributed by atoms with van der Waals surface area (Å²) in [6.45, 7) is 6.19. The van der Waals surface area contributed by atoms with Crippen LogP contribution in [0.3, 0.4) is 0 Å². The van der Waals surface area contributed by atoms with Gasteiger partial charge in [-0.1, -0.05) is 0 Å². The van der Waals surface area contributed by atoms with E-state index in [4.69, 9.17) is 11.5 Å². The lowest BCUT2D eigenvalue weighted by Gasteiger charge is -2.20. The lowest BCUT2D eigenvalue weighted by molar-refractivity contribution is 0.0996. The van der Waals surface area contributed by atoms with Crippen molar-refractivity contribution in [2.24, 2.45) is 5.73 Å². The Hall–Kier alpha value is -1.82. The van der Waals surface area contributed by atoms with Crippen molar-refractivity contribution in [2.75, 3.05) is 31.2 Å². The molecule has 6 heteroatoms. The average molecular weight is 279 g/mol. The van der Waals surface area contributed by atoms with Crippen molar-refractivity contribution in [3.63, 3.8) is 0 Å². The van der Waals surface area contributed by atoms with Gasteiger partial charge < -0.3 is 21.7 Å². The lowest BCUT2D eigenvalue weighted by atomic mass is 10.2. The smallest absolute Gasteiger partial charge is 0.267 e. The van der Waals surface area contributed by atoms with Crippen LogP contribution in [0.25, 0.3) is 0 Å². The number of carbonyl (C=O) groups excluding carboxylic acids is 1. The Balaban J connectivity index is 2.38. The van der Waals surface area contributed by atoms with E-state index in [1.807, 2.05) is 0 Å². The van der Waals surface area contributed by atoms with Gasteiger partial charge in [-0.25, -0.2) is 4.98 Å². The molecule has 6 nitrogen and oxygen atoms in total. The van der Waals surface area contributed by atoms with Gasteiger partial charge in [0.2, 0.25) is 0 Å². The molecule has 0 radical (unpaired) electrons. The highest BCUT2D eigenvalue weighted by atomic mass is 16.1. The summed E-state index contributed by atoms with van der Waals surface area (Å²) in [5, 5.41) is 3.15. The molecule has 0 aliphatic carbocycles. The van der Waals surface area contributed by atoms with Crippen molar-refractivity contribution in [3.05, 3.63) is 17.8 Å². The van der Waals surface area contributed by atoms with E-state index in [0.717, 1.165) is 25.9 Å². The molecule has 5 N–H and O–H groups in total. The molecule has 1 rings (SSSR count). The van der Waals surface area contributed by atoms with Crippen LogP contribution in [-0.2, 0) is 0 Å². The normalized spacial score (nSPS) is 11.1. The van der Waals surface area contributed by atoms with Gasteiger partial charge in [0.25, 0.3) is 5.91 Å². The number of carbonyl (C=O) groups is 1. The molecule has 1 heterocycles. The number of aromatic nitrogens is 1. The highest BCUT2D eigenvalue weighted by Crippen LogP contribution is 2.15. The summed E-state index contributed by atoms with van der Waals surface area (Å²) < 4.78 is 0. The van der Waals surface area contributed by atoms with Gasteiger partial charge in [0.15, 0.2) is 0 Å². The van der Waals surface area contributed by atoms with Gasteiger partial charge in [0, 0.05) is 12.6 Å². The monoisotopic (exact) mass is 279 g/mol. The summed E-state index contributed by atoms with van der Waals surface area (Å²) >= 11 is 0. The first-order valence-corrected chi connectivity index (χ1v) is 6.92. The Labute approximate surface area is 120 Å². The maximum absolute atomic E-state index is 11.1. The first-order valence-electron chi connectivity index (χ1n) is 6.92. The number of primary amides is 1. The maximum atomic E-state index is 11.1. The van der Waals surface area contributed by atoms with Crippen LogP contribution in [0.1, 0.15) is 37.2 Å². The van der Waals surface area contributed by atoms with Crippen molar-refractivity contribution in [2.45, 2.75) is 32.7 Å². The second kappa shape index (κ2) is 7.69. The minimum Gasteiger partial charge on any atom is -0.396 e. The summed E-state index contributed by atoms with van der Waals surface area (Å²) in [5.74, 6) is -0.0230. The van der Waals surface area contributed by atoms with Gasteiger partial charge in [-0.15, -0.1) is 0 Å². The molecule has 0 saturated carbocycles. The fourth-order valence-corrected chi connectivity index (χ4v) is 1.70. The van der Waals surface area contributed by atoms with Gasteiger partial charge in [-0.05, 0) is 52.4 Å². The van der Waals surface area contributed by atoms with Gasteiger partial charge in [0.1, 0.15) is 11.5 Å². The van der Waals surface area contributed by atoms with Crippen LogP contribution in [0.2, 0.25) is 0 Å². The number of nitrogens with two attached hydrogens (primary N) is 2. The molecule has 112 valence electrons. The Morgan fingerprint density at radius 2 is 2.10 bits per heavy atom. The largest absolute Gasteiger partial charge is 0.396 e. The molecule has 20 heavy (non-hydrogen) atoms. The van der Waals surface area contributed by atoms with Crippen LogP contribution in [0, 0.1) is 0 Å². The maximum Gasteiger partial charge on any atom is 0.267 e. The number of unbranched alkanes of at least 4 members (excludes halogenated alkanes) is 1. The van der Waals surface area contributed by atoms with Crippen molar-refractivity contribution in [3.8, 4) is 0 Å². The van der Waals surface area contributed by atoms with Crippen LogP contribution in [0.15, 0.2) is 12.1 Å². The van der Waals surface area contributed by atoms with Crippen LogP contribution in [0.4, 0.5) is 11.5 Å².